The van der Waals surface area contributed by atoms with Gasteiger partial charge < -0.3 is 24.4 Å². The van der Waals surface area contributed by atoms with Gasteiger partial charge in [-0.1, -0.05) is 23.7 Å². The zero-order valence-electron chi connectivity index (χ0n) is 23.5. The molecule has 1 unspecified atom stereocenters. The van der Waals surface area contributed by atoms with E-state index in [1.165, 1.54) is 24.1 Å². The Morgan fingerprint density at radius 1 is 1.10 bits per heavy atom. The van der Waals surface area contributed by atoms with Crippen molar-refractivity contribution in [2.45, 2.75) is 50.3 Å². The summed E-state index contributed by atoms with van der Waals surface area (Å²) in [6.45, 7) is 0.781. The van der Waals surface area contributed by atoms with Crippen molar-refractivity contribution in [3.8, 4) is 11.5 Å². The molecule has 11 heteroatoms. The number of hydrogen-bond donors (Lipinski definition) is 1. The molecule has 7 nitrogen and oxygen atoms in total. The standard InChI is InChI=1S/C30H36ClF3N2O5/c1-35(2)26(37)24-10-9-23(19-25(24)31)41-17-5-7-20-11-12-28(20)13-15-36(16-14-28)27(38)29(39,30(32,33)34)21-6-4-8-22(18-21)40-3/h4,6,8-10,18-20,39H,5,7,11-17H2,1-3H3/t20?,29-/m1/s1. The average molecular weight is 597 g/mol. The normalized spacial score (nSPS) is 19.7. The SMILES string of the molecule is COc1cccc([C@@](O)(C(=O)N2CCC3(CCC3CCCOc3ccc(C(=O)N(C)C)c(Cl)c3)CC2)C(F)(F)F)c1. The molecule has 1 spiro atoms. The first-order chi connectivity index (χ1) is 19.3. The average Bonchev–Trinajstić information content (AvgIpc) is 2.94. The van der Waals surface area contributed by atoms with E-state index in [0.29, 0.717) is 41.7 Å². The van der Waals surface area contributed by atoms with E-state index in [0.717, 1.165) is 42.7 Å². The number of amides is 2. The molecule has 1 saturated carbocycles. The third-order valence-electron chi connectivity index (χ3n) is 8.65. The molecular weight excluding hydrogens is 561 g/mol. The molecule has 2 fully saturated rings. The minimum Gasteiger partial charge on any atom is -0.497 e. The number of piperidine rings is 1. The van der Waals surface area contributed by atoms with Crippen LogP contribution in [0.3, 0.4) is 0 Å². The van der Waals surface area contributed by atoms with E-state index in [-0.39, 0.29) is 30.2 Å². The topological polar surface area (TPSA) is 79.3 Å². The van der Waals surface area contributed by atoms with Crippen LogP contribution in [0.1, 0.15) is 54.4 Å². The van der Waals surface area contributed by atoms with Gasteiger partial charge in [-0.05, 0) is 80.2 Å². The largest absolute Gasteiger partial charge is 0.497 e. The Hall–Kier alpha value is -2.98. The smallest absolute Gasteiger partial charge is 0.430 e. The van der Waals surface area contributed by atoms with Gasteiger partial charge in [-0.25, -0.2) is 0 Å². The number of ether oxygens (including phenoxy) is 2. The maximum absolute atomic E-state index is 14.2. The van der Waals surface area contributed by atoms with Crippen molar-refractivity contribution in [3.05, 3.63) is 58.6 Å². The second-order valence-electron chi connectivity index (χ2n) is 11.2. The van der Waals surface area contributed by atoms with Gasteiger partial charge in [-0.15, -0.1) is 0 Å². The lowest BCUT2D eigenvalue weighted by Crippen LogP contribution is -2.59. The number of benzene rings is 2. The molecule has 0 aromatic heterocycles. The van der Waals surface area contributed by atoms with Crippen LogP contribution in [0.4, 0.5) is 13.2 Å². The van der Waals surface area contributed by atoms with E-state index in [9.17, 15) is 27.9 Å². The fraction of sp³-hybridized carbons (Fsp3) is 0.533. The number of hydrogen-bond acceptors (Lipinski definition) is 5. The molecular formula is C30H36ClF3N2O5. The van der Waals surface area contributed by atoms with Crippen LogP contribution in [0.2, 0.25) is 5.02 Å². The van der Waals surface area contributed by atoms with Gasteiger partial charge in [0.2, 0.25) is 0 Å². The number of aliphatic hydroxyl groups is 1. The number of rotatable bonds is 9. The summed E-state index contributed by atoms with van der Waals surface area (Å²) in [5, 5.41) is 11.1. The summed E-state index contributed by atoms with van der Waals surface area (Å²) >= 11 is 6.26. The number of nitrogens with zero attached hydrogens (tertiary/aromatic N) is 2. The van der Waals surface area contributed by atoms with Crippen LogP contribution in [0, 0.1) is 11.3 Å². The Morgan fingerprint density at radius 2 is 1.80 bits per heavy atom. The first-order valence-corrected chi connectivity index (χ1v) is 14.1. The lowest BCUT2D eigenvalue weighted by Gasteiger charge is -2.55. The minimum absolute atomic E-state index is 0.0133. The Kier molecular flexibility index (Phi) is 9.13. The molecule has 2 aromatic carbocycles. The Bertz CT molecular complexity index is 1260. The molecule has 224 valence electrons. The third kappa shape index (κ3) is 6.14. The van der Waals surface area contributed by atoms with Gasteiger partial charge >= 0.3 is 6.18 Å². The van der Waals surface area contributed by atoms with Gasteiger partial charge in [0.25, 0.3) is 17.4 Å². The summed E-state index contributed by atoms with van der Waals surface area (Å²) in [6, 6.07) is 9.90. The maximum atomic E-state index is 14.2. The van der Waals surface area contributed by atoms with Crippen molar-refractivity contribution in [2.75, 3.05) is 40.9 Å². The van der Waals surface area contributed by atoms with E-state index in [1.807, 2.05) is 0 Å². The van der Waals surface area contributed by atoms with Crippen LogP contribution in [0.25, 0.3) is 0 Å². The first kappa shape index (κ1) is 31.0. The minimum atomic E-state index is -5.20. The monoisotopic (exact) mass is 596 g/mol. The predicted octanol–water partition coefficient (Wildman–Crippen LogP) is 5.68. The van der Waals surface area contributed by atoms with E-state index < -0.39 is 23.2 Å². The summed E-state index contributed by atoms with van der Waals surface area (Å²) in [4.78, 5) is 27.9. The first-order valence-electron chi connectivity index (χ1n) is 13.7. The molecule has 0 radical (unpaired) electrons. The summed E-state index contributed by atoms with van der Waals surface area (Å²) in [5.74, 6) is -0.445. The highest BCUT2D eigenvalue weighted by atomic mass is 35.5. The molecule has 2 atom stereocenters. The molecule has 41 heavy (non-hydrogen) atoms. The van der Waals surface area contributed by atoms with Crippen molar-refractivity contribution in [1.29, 1.82) is 0 Å². The zero-order chi connectivity index (χ0) is 30.0. The van der Waals surface area contributed by atoms with Crippen LogP contribution >= 0.6 is 11.6 Å². The van der Waals surface area contributed by atoms with Crippen LogP contribution in [0.5, 0.6) is 11.5 Å². The van der Waals surface area contributed by atoms with Gasteiger partial charge in [0.1, 0.15) is 11.5 Å². The molecule has 2 aromatic rings. The lowest BCUT2D eigenvalue weighted by molar-refractivity contribution is -0.262. The number of likely N-dealkylation sites (tertiary alicyclic amines) is 1. The van der Waals surface area contributed by atoms with E-state index in [4.69, 9.17) is 21.1 Å². The summed E-state index contributed by atoms with van der Waals surface area (Å²) in [7, 11) is 4.62. The number of halogens is 4. The molecule has 0 bridgehead atoms. The van der Waals surface area contributed by atoms with Crippen molar-refractivity contribution < 1.29 is 37.3 Å². The molecule has 1 aliphatic heterocycles. The molecule has 2 aliphatic rings. The van der Waals surface area contributed by atoms with Crippen molar-refractivity contribution in [3.63, 3.8) is 0 Å². The fourth-order valence-electron chi connectivity index (χ4n) is 6.03. The van der Waals surface area contributed by atoms with E-state index >= 15 is 0 Å². The molecule has 1 heterocycles. The molecule has 1 saturated heterocycles. The third-order valence-corrected chi connectivity index (χ3v) is 8.97. The number of methoxy groups -OCH3 is 1. The highest BCUT2D eigenvalue weighted by Crippen LogP contribution is 2.56. The van der Waals surface area contributed by atoms with Crippen molar-refractivity contribution in [2.24, 2.45) is 11.3 Å². The summed E-state index contributed by atoms with van der Waals surface area (Å²) < 4.78 is 53.3. The van der Waals surface area contributed by atoms with Gasteiger partial charge in [0, 0.05) is 32.7 Å². The van der Waals surface area contributed by atoms with Gasteiger partial charge in [-0.3, -0.25) is 9.59 Å². The highest BCUT2D eigenvalue weighted by molar-refractivity contribution is 6.34. The molecule has 4 rings (SSSR count). The van der Waals surface area contributed by atoms with E-state index in [1.54, 1.807) is 32.3 Å². The summed E-state index contributed by atoms with van der Waals surface area (Å²) in [5.41, 5.74) is -3.82. The second kappa shape index (κ2) is 12.1. The highest BCUT2D eigenvalue weighted by Gasteiger charge is 2.63. The summed E-state index contributed by atoms with van der Waals surface area (Å²) in [6.07, 6.45) is -0.337. The molecule has 2 amide bonds. The van der Waals surface area contributed by atoms with Crippen LogP contribution in [0.15, 0.2) is 42.5 Å². The number of alkyl halides is 3. The Labute approximate surface area is 243 Å². The Morgan fingerprint density at radius 3 is 2.37 bits per heavy atom. The van der Waals surface area contributed by atoms with Crippen LogP contribution in [-0.2, 0) is 10.4 Å². The van der Waals surface area contributed by atoms with Crippen LogP contribution < -0.4 is 9.47 Å². The van der Waals surface area contributed by atoms with E-state index in [2.05, 4.69) is 0 Å². The quantitative estimate of drug-likeness (QED) is 0.377. The number of carbonyl (C=O) groups is 2. The number of carbonyl (C=O) groups excluding carboxylic acids is 2. The van der Waals surface area contributed by atoms with Gasteiger partial charge in [0.15, 0.2) is 0 Å². The molecule has 1 N–H and O–H groups in total. The van der Waals surface area contributed by atoms with Crippen molar-refractivity contribution >= 4 is 23.4 Å². The molecule has 1 aliphatic carbocycles. The van der Waals surface area contributed by atoms with Crippen molar-refractivity contribution in [1.82, 2.24) is 9.80 Å². The zero-order valence-corrected chi connectivity index (χ0v) is 24.2. The maximum Gasteiger partial charge on any atom is 0.430 e. The van der Waals surface area contributed by atoms with Gasteiger partial charge in [0.05, 0.1) is 24.3 Å². The Balaban J connectivity index is 1.31. The predicted molar refractivity (Wildman–Crippen MR) is 148 cm³/mol. The fourth-order valence-corrected chi connectivity index (χ4v) is 6.28. The van der Waals surface area contributed by atoms with Crippen LogP contribution in [-0.4, -0.2) is 73.8 Å². The second-order valence-corrected chi connectivity index (χ2v) is 11.6. The van der Waals surface area contributed by atoms with Gasteiger partial charge in [-0.2, -0.15) is 13.2 Å². The lowest BCUT2D eigenvalue weighted by atomic mass is 9.54.